The van der Waals surface area contributed by atoms with Gasteiger partial charge in [0.1, 0.15) is 11.8 Å². The first-order valence-corrected chi connectivity index (χ1v) is 11.5. The van der Waals surface area contributed by atoms with Gasteiger partial charge in [-0.05, 0) is 48.4 Å². The number of furan rings is 1. The number of hydrazone groups is 1. The van der Waals surface area contributed by atoms with Crippen LogP contribution in [0.25, 0.3) is 0 Å². The fourth-order valence-electron chi connectivity index (χ4n) is 3.58. The molecule has 0 spiro atoms. The first-order chi connectivity index (χ1) is 14.9. The van der Waals surface area contributed by atoms with E-state index in [2.05, 4.69) is 9.82 Å². The molecule has 1 aromatic heterocycles. The van der Waals surface area contributed by atoms with E-state index in [-0.39, 0.29) is 16.8 Å². The van der Waals surface area contributed by atoms with Crippen molar-refractivity contribution in [2.75, 3.05) is 4.72 Å². The number of hydrogen-bond acceptors (Lipinski definition) is 5. The molecule has 0 fully saturated rings. The molecule has 0 unspecified atom stereocenters. The number of benzene rings is 2. The lowest BCUT2D eigenvalue weighted by atomic mass is 10.0. The molecule has 1 atom stereocenters. The highest BCUT2D eigenvalue weighted by Crippen LogP contribution is 2.33. The summed E-state index contributed by atoms with van der Waals surface area (Å²) in [5.41, 5.74) is 2.70. The van der Waals surface area contributed by atoms with E-state index in [1.165, 1.54) is 5.01 Å². The Bertz CT molecular complexity index is 1220. The van der Waals surface area contributed by atoms with Crippen molar-refractivity contribution in [2.24, 2.45) is 5.10 Å². The molecule has 1 N–H and O–H groups in total. The first kappa shape index (κ1) is 20.9. The summed E-state index contributed by atoms with van der Waals surface area (Å²) in [7, 11) is -3.68. The first-order valence-electron chi connectivity index (χ1n) is 10.0. The van der Waals surface area contributed by atoms with Gasteiger partial charge in [-0.3, -0.25) is 9.52 Å². The number of carbonyl (C=O) groups excluding carboxylic acids is 1. The second kappa shape index (κ2) is 8.39. The number of anilines is 1. The van der Waals surface area contributed by atoms with E-state index in [9.17, 15) is 13.2 Å². The molecule has 1 aliphatic heterocycles. The summed E-state index contributed by atoms with van der Waals surface area (Å²) in [5, 5.41) is 6.01. The van der Waals surface area contributed by atoms with Gasteiger partial charge in [0.15, 0.2) is 0 Å². The van der Waals surface area contributed by atoms with Crippen LogP contribution in [0, 0.1) is 6.92 Å². The summed E-state index contributed by atoms with van der Waals surface area (Å²) in [5.74, 6) is 0.599. The molecule has 8 heteroatoms. The second-order valence-electron chi connectivity index (χ2n) is 7.32. The van der Waals surface area contributed by atoms with Gasteiger partial charge < -0.3 is 4.42 Å². The molecule has 0 saturated heterocycles. The number of nitrogens with one attached hydrogen (secondary N) is 1. The SMILES string of the molecule is CCC(=O)N1N=C(c2ccc(NS(=O)(=O)c3ccccc3C)cc2)C[C@H]1c1ccco1. The molecule has 2 aromatic carbocycles. The van der Waals surface area contributed by atoms with Gasteiger partial charge in [-0.15, -0.1) is 0 Å². The normalized spacial score (nSPS) is 16.3. The molecule has 0 bridgehead atoms. The van der Waals surface area contributed by atoms with Gasteiger partial charge in [-0.2, -0.15) is 5.10 Å². The zero-order valence-corrected chi connectivity index (χ0v) is 18.1. The van der Waals surface area contributed by atoms with Crippen LogP contribution in [0.3, 0.4) is 0 Å². The third-order valence-corrected chi connectivity index (χ3v) is 6.73. The Morgan fingerprint density at radius 3 is 2.52 bits per heavy atom. The molecular formula is C23H23N3O4S. The van der Waals surface area contributed by atoms with E-state index in [1.54, 1.807) is 74.7 Å². The summed E-state index contributed by atoms with van der Waals surface area (Å²) in [6.45, 7) is 3.55. The maximum Gasteiger partial charge on any atom is 0.262 e. The van der Waals surface area contributed by atoms with E-state index in [1.807, 2.05) is 6.07 Å². The van der Waals surface area contributed by atoms with Crippen LogP contribution in [0.2, 0.25) is 0 Å². The third kappa shape index (κ3) is 4.25. The highest BCUT2D eigenvalue weighted by molar-refractivity contribution is 7.92. The van der Waals surface area contributed by atoms with E-state index in [0.717, 1.165) is 11.3 Å². The summed E-state index contributed by atoms with van der Waals surface area (Å²) in [6, 6.07) is 17.2. The Morgan fingerprint density at radius 1 is 1.13 bits per heavy atom. The molecule has 7 nitrogen and oxygen atoms in total. The molecule has 0 aliphatic carbocycles. The van der Waals surface area contributed by atoms with Crippen LogP contribution in [0.1, 0.15) is 42.7 Å². The van der Waals surface area contributed by atoms with E-state index in [0.29, 0.717) is 29.9 Å². The van der Waals surface area contributed by atoms with Crippen LogP contribution in [0.4, 0.5) is 5.69 Å². The molecule has 0 radical (unpaired) electrons. The maximum absolute atomic E-state index is 12.7. The zero-order chi connectivity index (χ0) is 22.0. The van der Waals surface area contributed by atoms with Crippen molar-refractivity contribution in [3.8, 4) is 0 Å². The van der Waals surface area contributed by atoms with Crippen LogP contribution in [0.15, 0.2) is 81.3 Å². The number of sulfonamides is 1. The summed E-state index contributed by atoms with van der Waals surface area (Å²) in [6.07, 6.45) is 2.44. The minimum Gasteiger partial charge on any atom is -0.467 e. The number of aryl methyl sites for hydroxylation is 1. The highest BCUT2D eigenvalue weighted by Gasteiger charge is 2.34. The summed E-state index contributed by atoms with van der Waals surface area (Å²) < 4.78 is 33.5. The van der Waals surface area contributed by atoms with Gasteiger partial charge in [0, 0.05) is 18.5 Å². The summed E-state index contributed by atoms with van der Waals surface area (Å²) in [4.78, 5) is 12.6. The Morgan fingerprint density at radius 2 is 1.87 bits per heavy atom. The number of hydrogen-bond donors (Lipinski definition) is 1. The van der Waals surface area contributed by atoms with Crippen molar-refractivity contribution >= 4 is 27.3 Å². The predicted molar refractivity (Wildman–Crippen MR) is 118 cm³/mol. The Labute approximate surface area is 181 Å². The van der Waals surface area contributed by atoms with Gasteiger partial charge in [-0.1, -0.05) is 37.3 Å². The van der Waals surface area contributed by atoms with Crippen LogP contribution >= 0.6 is 0 Å². The molecule has 3 aromatic rings. The molecule has 4 rings (SSSR count). The van der Waals surface area contributed by atoms with Crippen molar-refractivity contribution in [3.63, 3.8) is 0 Å². The zero-order valence-electron chi connectivity index (χ0n) is 17.3. The Hall–Kier alpha value is -3.39. The summed E-state index contributed by atoms with van der Waals surface area (Å²) >= 11 is 0. The van der Waals surface area contributed by atoms with Crippen LogP contribution < -0.4 is 4.72 Å². The van der Waals surface area contributed by atoms with Gasteiger partial charge in [0.2, 0.25) is 5.91 Å². The van der Waals surface area contributed by atoms with E-state index >= 15 is 0 Å². The second-order valence-corrected chi connectivity index (χ2v) is 8.97. The topological polar surface area (TPSA) is 92.0 Å². The minimum atomic E-state index is -3.68. The quantitative estimate of drug-likeness (QED) is 0.616. The third-order valence-electron chi connectivity index (χ3n) is 5.19. The molecule has 2 heterocycles. The lowest BCUT2D eigenvalue weighted by Gasteiger charge is -2.18. The lowest BCUT2D eigenvalue weighted by Crippen LogP contribution is -2.25. The van der Waals surface area contributed by atoms with Crippen LogP contribution in [0.5, 0.6) is 0 Å². The van der Waals surface area contributed by atoms with Crippen molar-refractivity contribution in [2.45, 2.75) is 37.6 Å². The van der Waals surface area contributed by atoms with Crippen molar-refractivity contribution in [1.82, 2.24) is 5.01 Å². The lowest BCUT2D eigenvalue weighted by molar-refractivity contribution is -0.133. The van der Waals surface area contributed by atoms with Crippen molar-refractivity contribution in [1.29, 1.82) is 0 Å². The fraction of sp³-hybridized carbons (Fsp3) is 0.217. The number of nitrogens with zero attached hydrogens (tertiary/aromatic N) is 2. The van der Waals surface area contributed by atoms with Crippen LogP contribution in [-0.2, 0) is 14.8 Å². The molecule has 31 heavy (non-hydrogen) atoms. The minimum absolute atomic E-state index is 0.0842. The standard InChI is InChI=1S/C23H23N3O4S/c1-3-23(27)26-20(21-8-6-14-30-21)15-19(24-26)17-10-12-18(13-11-17)25-31(28,29)22-9-5-4-7-16(22)2/h4-14,20,25H,3,15H2,1-2H3/t20-/m0/s1. The predicted octanol–water partition coefficient (Wildman–Crippen LogP) is 4.48. The van der Waals surface area contributed by atoms with E-state index in [4.69, 9.17) is 4.42 Å². The molecule has 0 saturated carbocycles. The molecular weight excluding hydrogens is 414 g/mol. The molecule has 1 amide bonds. The largest absolute Gasteiger partial charge is 0.467 e. The van der Waals surface area contributed by atoms with Gasteiger partial charge >= 0.3 is 0 Å². The fourth-order valence-corrected chi connectivity index (χ4v) is 4.88. The van der Waals surface area contributed by atoms with Gasteiger partial charge in [0.05, 0.1) is 16.9 Å². The number of rotatable bonds is 6. The average molecular weight is 438 g/mol. The maximum atomic E-state index is 12.7. The highest BCUT2D eigenvalue weighted by atomic mass is 32.2. The smallest absolute Gasteiger partial charge is 0.262 e. The molecule has 160 valence electrons. The van der Waals surface area contributed by atoms with Gasteiger partial charge in [-0.25, -0.2) is 13.4 Å². The van der Waals surface area contributed by atoms with E-state index < -0.39 is 10.0 Å². The monoisotopic (exact) mass is 437 g/mol. The Balaban J connectivity index is 1.55. The Kier molecular flexibility index (Phi) is 5.65. The van der Waals surface area contributed by atoms with Gasteiger partial charge in [0.25, 0.3) is 10.0 Å². The average Bonchev–Trinajstić information content (AvgIpc) is 3.43. The van der Waals surface area contributed by atoms with Crippen LogP contribution in [-0.4, -0.2) is 25.0 Å². The molecule has 1 aliphatic rings. The van der Waals surface area contributed by atoms with Crippen molar-refractivity contribution in [3.05, 3.63) is 83.8 Å². The number of carbonyl (C=O) groups is 1. The van der Waals surface area contributed by atoms with Crippen molar-refractivity contribution < 1.29 is 17.6 Å². The number of amides is 1.